The van der Waals surface area contributed by atoms with Gasteiger partial charge in [0.05, 0.1) is 30.2 Å². The van der Waals surface area contributed by atoms with E-state index in [9.17, 15) is 13.2 Å². The average molecular weight is 533 g/mol. The zero-order valence-corrected chi connectivity index (χ0v) is 22.2. The van der Waals surface area contributed by atoms with Crippen LogP contribution in [0, 0.1) is 0 Å². The second kappa shape index (κ2) is 11.4. The molecule has 8 nitrogen and oxygen atoms in total. The Bertz CT molecular complexity index is 1430. The summed E-state index contributed by atoms with van der Waals surface area (Å²) in [5.41, 5.74) is 5.71. The third kappa shape index (κ3) is 6.07. The van der Waals surface area contributed by atoms with Crippen LogP contribution < -0.4 is 15.4 Å². The summed E-state index contributed by atoms with van der Waals surface area (Å²) in [6.07, 6.45) is 0.513. The lowest BCUT2D eigenvalue weighted by Gasteiger charge is -2.26. The number of nitrogens with one attached hydrogen (secondary N) is 3. The summed E-state index contributed by atoms with van der Waals surface area (Å²) in [6, 6.07) is 23.0. The van der Waals surface area contributed by atoms with E-state index in [2.05, 4.69) is 32.4 Å². The van der Waals surface area contributed by atoms with Crippen molar-refractivity contribution in [3.8, 4) is 0 Å². The molecule has 5 rings (SSSR count). The Hall–Kier alpha value is -3.66. The molecule has 0 aliphatic carbocycles. The quantitative estimate of drug-likeness (QED) is 0.348. The Labute approximate surface area is 223 Å². The van der Waals surface area contributed by atoms with Crippen LogP contribution in [-0.4, -0.2) is 51.3 Å². The first-order valence-corrected chi connectivity index (χ1v) is 14.5. The number of rotatable bonds is 9. The fourth-order valence-corrected chi connectivity index (χ4v) is 5.84. The van der Waals surface area contributed by atoms with E-state index in [-0.39, 0.29) is 11.7 Å². The smallest absolute Gasteiger partial charge is 0.258 e. The number of carbonyl (C=O) groups is 1. The maximum absolute atomic E-state index is 13.2. The van der Waals surface area contributed by atoms with E-state index in [0.29, 0.717) is 34.6 Å². The van der Waals surface area contributed by atoms with Crippen LogP contribution in [0.15, 0.2) is 72.8 Å². The lowest BCUT2D eigenvalue weighted by molar-refractivity contribution is -0.110. The minimum atomic E-state index is -3.47. The van der Waals surface area contributed by atoms with Gasteiger partial charge in [-0.2, -0.15) is 0 Å². The summed E-state index contributed by atoms with van der Waals surface area (Å²) in [4.78, 5) is 15.6. The number of carbonyl (C=O) groups excluding carboxylic acids is 1. The summed E-state index contributed by atoms with van der Waals surface area (Å²) in [5, 5.41) is 6.40. The van der Waals surface area contributed by atoms with E-state index in [1.165, 1.54) is 5.56 Å². The fraction of sp³-hybridized carbons (Fsp3) is 0.276. The predicted octanol–water partition coefficient (Wildman–Crippen LogP) is 4.60. The lowest BCUT2D eigenvalue weighted by Crippen LogP contribution is -2.35. The van der Waals surface area contributed by atoms with E-state index >= 15 is 0 Å². The molecule has 3 aromatic carbocycles. The van der Waals surface area contributed by atoms with Gasteiger partial charge in [-0.05, 0) is 47.9 Å². The molecule has 2 aliphatic heterocycles. The van der Waals surface area contributed by atoms with E-state index in [0.717, 1.165) is 44.1 Å². The molecule has 3 N–H and O–H groups in total. The van der Waals surface area contributed by atoms with Crippen molar-refractivity contribution < 1.29 is 17.9 Å². The maximum Gasteiger partial charge on any atom is 0.258 e. The molecule has 3 aromatic rings. The molecular weight excluding hydrogens is 500 g/mol. The monoisotopic (exact) mass is 532 g/mol. The molecule has 0 radical (unpaired) electrons. The molecule has 0 spiro atoms. The third-order valence-corrected chi connectivity index (χ3v) is 8.05. The molecule has 1 fully saturated rings. The minimum absolute atomic E-state index is 0.0301. The summed E-state index contributed by atoms with van der Waals surface area (Å²) in [6.45, 7) is 6.06. The second-order valence-electron chi connectivity index (χ2n) is 9.46. The van der Waals surface area contributed by atoms with Crippen molar-refractivity contribution >= 4 is 44.3 Å². The second-order valence-corrected chi connectivity index (χ2v) is 11.3. The van der Waals surface area contributed by atoms with Gasteiger partial charge in [0.25, 0.3) is 5.91 Å². The zero-order valence-electron chi connectivity index (χ0n) is 21.4. The maximum atomic E-state index is 13.2. The van der Waals surface area contributed by atoms with Crippen molar-refractivity contribution in [1.82, 2.24) is 4.90 Å². The molecule has 9 heteroatoms. The number of ether oxygens (including phenoxy) is 1. The summed E-state index contributed by atoms with van der Waals surface area (Å²) in [7, 11) is -3.47. The molecule has 2 aliphatic rings. The Morgan fingerprint density at radius 3 is 2.39 bits per heavy atom. The van der Waals surface area contributed by atoms with Crippen LogP contribution >= 0.6 is 0 Å². The Kier molecular flexibility index (Phi) is 7.78. The van der Waals surface area contributed by atoms with Crippen LogP contribution in [0.4, 0.5) is 17.1 Å². The molecule has 0 unspecified atom stereocenters. The van der Waals surface area contributed by atoms with E-state index in [4.69, 9.17) is 4.74 Å². The number of fused-ring (bicyclic) bond motifs is 1. The highest BCUT2D eigenvalue weighted by molar-refractivity contribution is 7.92. The number of morpholine rings is 1. The number of nitrogens with zero attached hydrogens (tertiary/aromatic N) is 1. The SMILES string of the molecule is CCCS(=O)(=O)Nc1ccc2c(c1)/C(=C(/Nc1ccc(CN3CCOCC3)cc1)c1ccccc1)C(=O)N2. The molecule has 198 valence electrons. The van der Waals surface area contributed by atoms with Crippen molar-refractivity contribution in [2.24, 2.45) is 0 Å². The number of hydrogen-bond donors (Lipinski definition) is 3. The van der Waals surface area contributed by atoms with Gasteiger partial charge in [0.15, 0.2) is 0 Å². The predicted molar refractivity (Wildman–Crippen MR) is 152 cm³/mol. The minimum Gasteiger partial charge on any atom is -0.379 e. The van der Waals surface area contributed by atoms with Crippen LogP contribution in [-0.2, 0) is 26.1 Å². The van der Waals surface area contributed by atoms with Crippen LogP contribution in [0.2, 0.25) is 0 Å². The van der Waals surface area contributed by atoms with E-state index in [1.807, 2.05) is 49.4 Å². The van der Waals surface area contributed by atoms with Crippen molar-refractivity contribution in [2.45, 2.75) is 19.9 Å². The molecule has 0 bridgehead atoms. The van der Waals surface area contributed by atoms with Gasteiger partial charge in [0.2, 0.25) is 10.0 Å². The highest BCUT2D eigenvalue weighted by Gasteiger charge is 2.29. The Morgan fingerprint density at radius 1 is 0.974 bits per heavy atom. The van der Waals surface area contributed by atoms with Crippen LogP contribution in [0.25, 0.3) is 11.3 Å². The zero-order chi connectivity index (χ0) is 26.5. The first kappa shape index (κ1) is 26.0. The normalized spacial score (nSPS) is 17.0. The number of anilines is 3. The van der Waals surface area contributed by atoms with Gasteiger partial charge < -0.3 is 15.4 Å². The van der Waals surface area contributed by atoms with Gasteiger partial charge in [0.1, 0.15) is 0 Å². The highest BCUT2D eigenvalue weighted by atomic mass is 32.2. The fourth-order valence-electron chi connectivity index (χ4n) is 4.72. The van der Waals surface area contributed by atoms with Crippen LogP contribution in [0.1, 0.15) is 30.0 Å². The van der Waals surface area contributed by atoms with Crippen molar-refractivity contribution in [1.29, 1.82) is 0 Å². The molecule has 0 atom stereocenters. The highest BCUT2D eigenvalue weighted by Crippen LogP contribution is 2.39. The van der Waals surface area contributed by atoms with Gasteiger partial charge in [0, 0.05) is 42.3 Å². The van der Waals surface area contributed by atoms with Gasteiger partial charge >= 0.3 is 0 Å². The molecule has 38 heavy (non-hydrogen) atoms. The number of hydrogen-bond acceptors (Lipinski definition) is 6. The average Bonchev–Trinajstić information content (AvgIpc) is 3.24. The molecule has 1 amide bonds. The van der Waals surface area contributed by atoms with Gasteiger partial charge in [-0.15, -0.1) is 0 Å². The van der Waals surface area contributed by atoms with Crippen molar-refractivity contribution in [3.05, 3.63) is 89.5 Å². The van der Waals surface area contributed by atoms with Crippen LogP contribution in [0.3, 0.4) is 0 Å². The summed E-state index contributed by atoms with van der Waals surface area (Å²) < 4.78 is 32.8. The molecular formula is C29H32N4O4S. The lowest BCUT2D eigenvalue weighted by atomic mass is 9.99. The van der Waals surface area contributed by atoms with Crippen LogP contribution in [0.5, 0.6) is 0 Å². The van der Waals surface area contributed by atoms with Gasteiger partial charge in [-0.25, -0.2) is 8.42 Å². The third-order valence-electron chi connectivity index (χ3n) is 6.56. The largest absolute Gasteiger partial charge is 0.379 e. The Morgan fingerprint density at radius 2 is 1.68 bits per heavy atom. The molecule has 0 aromatic heterocycles. The van der Waals surface area contributed by atoms with E-state index in [1.54, 1.807) is 18.2 Å². The topological polar surface area (TPSA) is 99.8 Å². The van der Waals surface area contributed by atoms with Gasteiger partial charge in [-0.3, -0.25) is 14.4 Å². The first-order valence-electron chi connectivity index (χ1n) is 12.8. The van der Waals surface area contributed by atoms with E-state index < -0.39 is 10.0 Å². The molecule has 0 saturated carbocycles. The van der Waals surface area contributed by atoms with Crippen molar-refractivity contribution in [2.75, 3.05) is 47.4 Å². The van der Waals surface area contributed by atoms with Gasteiger partial charge in [-0.1, -0.05) is 49.4 Å². The molecule has 1 saturated heterocycles. The number of benzene rings is 3. The van der Waals surface area contributed by atoms with Crippen molar-refractivity contribution in [3.63, 3.8) is 0 Å². The summed E-state index contributed by atoms with van der Waals surface area (Å²) >= 11 is 0. The number of sulfonamides is 1. The summed E-state index contributed by atoms with van der Waals surface area (Å²) in [5.74, 6) is -0.216. The Balaban J connectivity index is 1.48. The first-order chi connectivity index (χ1) is 18.4. The molecule has 2 heterocycles. The number of amides is 1. The standard InChI is InChI=1S/C29H32N4O4S/c1-2-18-38(35,36)32-24-12-13-26-25(19-24)27(29(34)31-26)28(22-6-4-3-5-7-22)30-23-10-8-21(9-11-23)20-33-14-16-37-17-15-33/h3-13,19,30,32H,2,14-18,20H2,1H3,(H,31,34)/b28-27-.